The standard InChI is InChI=1S/C18H26N4O3S/c1-26(23,24)22-8-7-17-16(14-22)18(19-25-17)21-11-9-20(10-12-21)13-15-5-3-2-4-6-15/h2-6,16-17H,7-14H2,1H3. The van der Waals surface area contributed by atoms with Crippen LogP contribution in [0.25, 0.3) is 0 Å². The van der Waals surface area contributed by atoms with Gasteiger partial charge >= 0.3 is 0 Å². The van der Waals surface area contributed by atoms with Crippen molar-refractivity contribution in [1.29, 1.82) is 0 Å². The minimum Gasteiger partial charge on any atom is -0.390 e. The van der Waals surface area contributed by atoms with Crippen molar-refractivity contribution in [2.24, 2.45) is 11.1 Å². The van der Waals surface area contributed by atoms with E-state index in [1.54, 1.807) is 4.31 Å². The van der Waals surface area contributed by atoms with Gasteiger partial charge in [0.25, 0.3) is 0 Å². The van der Waals surface area contributed by atoms with Gasteiger partial charge in [-0.3, -0.25) is 4.90 Å². The van der Waals surface area contributed by atoms with Crippen LogP contribution in [-0.4, -0.2) is 80.0 Å². The van der Waals surface area contributed by atoms with Gasteiger partial charge in [0, 0.05) is 52.2 Å². The molecule has 2 saturated heterocycles. The lowest BCUT2D eigenvalue weighted by Gasteiger charge is -2.39. The Balaban J connectivity index is 1.35. The van der Waals surface area contributed by atoms with E-state index in [1.165, 1.54) is 11.8 Å². The van der Waals surface area contributed by atoms with E-state index in [-0.39, 0.29) is 12.0 Å². The van der Waals surface area contributed by atoms with E-state index in [4.69, 9.17) is 4.84 Å². The molecule has 3 heterocycles. The Hall–Kier alpha value is -1.64. The van der Waals surface area contributed by atoms with Crippen molar-refractivity contribution in [3.05, 3.63) is 35.9 Å². The Kier molecular flexibility index (Phi) is 4.90. The number of nitrogens with zero attached hydrogens (tertiary/aromatic N) is 4. The Labute approximate surface area is 155 Å². The molecule has 0 aromatic heterocycles. The molecule has 0 saturated carbocycles. The smallest absolute Gasteiger partial charge is 0.211 e. The SMILES string of the molecule is CS(=O)(=O)N1CCC2ON=C(N3CCN(Cc4ccccc4)CC3)C2C1. The fourth-order valence-corrected chi connectivity index (χ4v) is 4.90. The molecule has 2 fully saturated rings. The molecule has 0 spiro atoms. The van der Waals surface area contributed by atoms with Gasteiger partial charge in [0.2, 0.25) is 10.0 Å². The van der Waals surface area contributed by atoms with Crippen LogP contribution in [0.3, 0.4) is 0 Å². The fourth-order valence-electron chi connectivity index (χ4n) is 4.03. The van der Waals surface area contributed by atoms with Gasteiger partial charge in [0.05, 0.1) is 12.2 Å². The van der Waals surface area contributed by atoms with Crippen molar-refractivity contribution in [2.75, 3.05) is 45.5 Å². The summed E-state index contributed by atoms with van der Waals surface area (Å²) >= 11 is 0. The Bertz CT molecular complexity index is 760. The van der Waals surface area contributed by atoms with Crippen molar-refractivity contribution in [1.82, 2.24) is 14.1 Å². The molecule has 26 heavy (non-hydrogen) atoms. The van der Waals surface area contributed by atoms with Crippen molar-refractivity contribution >= 4 is 15.9 Å². The zero-order valence-corrected chi connectivity index (χ0v) is 15.9. The number of amidine groups is 1. The van der Waals surface area contributed by atoms with Gasteiger partial charge in [-0.25, -0.2) is 12.7 Å². The Morgan fingerprint density at radius 3 is 2.54 bits per heavy atom. The predicted molar refractivity (Wildman–Crippen MR) is 100 cm³/mol. The van der Waals surface area contributed by atoms with Gasteiger partial charge in [-0.15, -0.1) is 0 Å². The molecule has 3 aliphatic heterocycles. The van der Waals surface area contributed by atoms with Crippen LogP contribution in [-0.2, 0) is 21.4 Å². The van der Waals surface area contributed by atoms with Gasteiger partial charge in [0.1, 0.15) is 6.10 Å². The number of sulfonamides is 1. The maximum Gasteiger partial charge on any atom is 0.211 e. The van der Waals surface area contributed by atoms with Crippen molar-refractivity contribution in [2.45, 2.75) is 19.1 Å². The van der Waals surface area contributed by atoms with Crippen LogP contribution in [0, 0.1) is 5.92 Å². The summed E-state index contributed by atoms with van der Waals surface area (Å²) in [6, 6.07) is 10.5. The number of hydrogen-bond acceptors (Lipinski definition) is 6. The number of piperidine rings is 1. The second-order valence-corrected chi connectivity index (χ2v) is 9.34. The van der Waals surface area contributed by atoms with Gasteiger partial charge in [0.15, 0.2) is 5.84 Å². The molecule has 2 atom stereocenters. The van der Waals surface area contributed by atoms with Gasteiger partial charge in [-0.05, 0) is 5.56 Å². The molecule has 0 N–H and O–H groups in total. The van der Waals surface area contributed by atoms with Gasteiger partial charge < -0.3 is 9.74 Å². The number of oxime groups is 1. The maximum atomic E-state index is 11.9. The zero-order valence-electron chi connectivity index (χ0n) is 15.1. The highest BCUT2D eigenvalue weighted by molar-refractivity contribution is 7.88. The number of benzene rings is 1. The minimum atomic E-state index is -3.17. The number of rotatable bonds is 3. The summed E-state index contributed by atoms with van der Waals surface area (Å²) < 4.78 is 25.4. The highest BCUT2D eigenvalue weighted by atomic mass is 32.2. The van der Waals surface area contributed by atoms with E-state index < -0.39 is 10.0 Å². The lowest BCUT2D eigenvalue weighted by atomic mass is 9.94. The van der Waals surface area contributed by atoms with E-state index >= 15 is 0 Å². The predicted octanol–water partition coefficient (Wildman–Crippen LogP) is 0.798. The third kappa shape index (κ3) is 3.72. The van der Waals surface area contributed by atoms with Crippen LogP contribution in [0.15, 0.2) is 35.5 Å². The summed E-state index contributed by atoms with van der Waals surface area (Å²) in [6.45, 7) is 5.71. The summed E-state index contributed by atoms with van der Waals surface area (Å²) in [6.07, 6.45) is 2.01. The van der Waals surface area contributed by atoms with Gasteiger partial charge in [-0.2, -0.15) is 0 Å². The Morgan fingerprint density at radius 2 is 1.85 bits per heavy atom. The normalized spacial score (nSPS) is 27.7. The van der Waals surface area contributed by atoms with E-state index in [0.717, 1.165) is 38.6 Å². The highest BCUT2D eigenvalue weighted by Gasteiger charge is 2.43. The lowest BCUT2D eigenvalue weighted by molar-refractivity contribution is 0.0307. The zero-order chi connectivity index (χ0) is 18.1. The first-order valence-electron chi connectivity index (χ1n) is 9.21. The number of piperazine rings is 1. The Morgan fingerprint density at radius 1 is 1.12 bits per heavy atom. The second kappa shape index (κ2) is 7.17. The van der Waals surface area contributed by atoms with E-state index in [2.05, 4.69) is 39.2 Å². The van der Waals surface area contributed by atoms with Crippen LogP contribution >= 0.6 is 0 Å². The lowest BCUT2D eigenvalue weighted by Crippen LogP contribution is -2.54. The summed E-state index contributed by atoms with van der Waals surface area (Å²) in [5.74, 6) is 0.988. The first-order valence-corrected chi connectivity index (χ1v) is 11.1. The molecule has 7 nitrogen and oxygen atoms in total. The van der Waals surface area contributed by atoms with Crippen LogP contribution in [0.5, 0.6) is 0 Å². The van der Waals surface area contributed by atoms with Gasteiger partial charge in [-0.1, -0.05) is 35.5 Å². The number of fused-ring (bicyclic) bond motifs is 1. The molecule has 1 aromatic rings. The van der Waals surface area contributed by atoms with Crippen LogP contribution in [0.4, 0.5) is 0 Å². The van der Waals surface area contributed by atoms with E-state index in [1.807, 2.05) is 6.07 Å². The number of hydrogen-bond donors (Lipinski definition) is 0. The van der Waals surface area contributed by atoms with Crippen molar-refractivity contribution in [3.8, 4) is 0 Å². The fraction of sp³-hybridized carbons (Fsp3) is 0.611. The third-order valence-electron chi connectivity index (χ3n) is 5.54. The van der Waals surface area contributed by atoms with Crippen LogP contribution < -0.4 is 0 Å². The molecule has 0 aliphatic carbocycles. The molecule has 4 rings (SSSR count). The quantitative estimate of drug-likeness (QED) is 0.778. The molecule has 3 aliphatic rings. The molecule has 1 aromatic carbocycles. The molecule has 142 valence electrons. The highest BCUT2D eigenvalue weighted by Crippen LogP contribution is 2.30. The van der Waals surface area contributed by atoms with E-state index in [0.29, 0.717) is 19.5 Å². The van der Waals surface area contributed by atoms with Crippen LogP contribution in [0.2, 0.25) is 0 Å². The first-order chi connectivity index (χ1) is 12.5. The van der Waals surface area contributed by atoms with Crippen LogP contribution in [0.1, 0.15) is 12.0 Å². The molecular formula is C18H26N4O3S. The first kappa shape index (κ1) is 17.8. The average molecular weight is 378 g/mol. The molecule has 0 bridgehead atoms. The molecule has 2 unspecified atom stereocenters. The molecule has 0 amide bonds. The van der Waals surface area contributed by atoms with E-state index in [9.17, 15) is 8.42 Å². The second-order valence-electron chi connectivity index (χ2n) is 7.36. The molecule has 0 radical (unpaired) electrons. The summed E-state index contributed by atoms with van der Waals surface area (Å²) in [5, 5.41) is 4.33. The van der Waals surface area contributed by atoms with Crippen molar-refractivity contribution < 1.29 is 13.3 Å². The minimum absolute atomic E-state index is 0.0188. The molecular weight excluding hydrogens is 352 g/mol. The average Bonchev–Trinajstić information content (AvgIpc) is 3.06. The largest absolute Gasteiger partial charge is 0.390 e. The maximum absolute atomic E-state index is 11.9. The molecule has 8 heteroatoms. The summed E-state index contributed by atoms with van der Waals surface area (Å²) in [7, 11) is -3.17. The van der Waals surface area contributed by atoms with Crippen molar-refractivity contribution in [3.63, 3.8) is 0 Å². The topological polar surface area (TPSA) is 65.5 Å². The summed E-state index contributed by atoms with van der Waals surface area (Å²) in [4.78, 5) is 10.3. The third-order valence-corrected chi connectivity index (χ3v) is 6.81. The monoisotopic (exact) mass is 378 g/mol. The summed E-state index contributed by atoms with van der Waals surface area (Å²) in [5.41, 5.74) is 1.33.